The Hall–Kier alpha value is -0.570. The van der Waals surface area contributed by atoms with Gasteiger partial charge in [-0.1, -0.05) is 6.42 Å². The van der Waals surface area contributed by atoms with Gasteiger partial charge in [-0.25, -0.2) is 0 Å². The second kappa shape index (κ2) is 11.9. The lowest BCUT2D eigenvalue weighted by atomic mass is 9.67. The average molecular weight is 466 g/mol. The first-order valence-corrected chi connectivity index (χ1v) is 9.48. The molecular weight excluding hydrogens is 431 g/mol. The first-order valence-electron chi connectivity index (χ1n) is 9.48. The molecule has 1 amide bonds. The van der Waals surface area contributed by atoms with Crippen molar-refractivity contribution in [1.29, 1.82) is 0 Å². The Morgan fingerprint density at radius 1 is 1.20 bits per heavy atom. The van der Waals surface area contributed by atoms with Gasteiger partial charge in [0.25, 0.3) is 0 Å². The van der Waals surface area contributed by atoms with E-state index in [1.165, 1.54) is 19.3 Å². The molecule has 1 aliphatic carbocycles. The molecule has 0 unspecified atom stereocenters. The number of hydrogen-bond donors (Lipinski definition) is 2. The van der Waals surface area contributed by atoms with E-state index in [0.29, 0.717) is 18.4 Å². The summed E-state index contributed by atoms with van der Waals surface area (Å²) in [6, 6.07) is 0. The minimum Gasteiger partial charge on any atom is -0.385 e. The Balaban J connectivity index is 0.00000312. The molecule has 1 saturated heterocycles. The number of carbonyl (C=O) groups is 1. The fourth-order valence-electron chi connectivity index (χ4n) is 3.48. The fourth-order valence-corrected chi connectivity index (χ4v) is 3.48. The molecule has 25 heavy (non-hydrogen) atoms. The maximum absolute atomic E-state index is 12.1. The monoisotopic (exact) mass is 466 g/mol. The molecule has 0 aromatic carbocycles. The Labute approximate surface area is 169 Å². The van der Waals surface area contributed by atoms with Crippen molar-refractivity contribution in [3.63, 3.8) is 0 Å². The number of halogens is 1. The summed E-state index contributed by atoms with van der Waals surface area (Å²) in [5.74, 6) is 1.09. The lowest BCUT2D eigenvalue weighted by Gasteiger charge is -2.40. The van der Waals surface area contributed by atoms with Gasteiger partial charge in [0, 0.05) is 52.9 Å². The van der Waals surface area contributed by atoms with Crippen LogP contribution in [-0.4, -0.2) is 63.2 Å². The second-order valence-electron chi connectivity index (χ2n) is 7.06. The van der Waals surface area contributed by atoms with Crippen LogP contribution in [0.1, 0.15) is 51.9 Å². The normalized spacial score (nSPS) is 19.1. The molecule has 1 heterocycles. The molecule has 2 N–H and O–H groups in total. The van der Waals surface area contributed by atoms with Gasteiger partial charge in [-0.3, -0.25) is 9.79 Å². The largest absolute Gasteiger partial charge is 0.385 e. The number of amides is 1. The highest BCUT2D eigenvalue weighted by molar-refractivity contribution is 14.0. The van der Waals surface area contributed by atoms with Gasteiger partial charge in [-0.15, -0.1) is 24.0 Å². The third-order valence-electron chi connectivity index (χ3n) is 5.26. The van der Waals surface area contributed by atoms with E-state index < -0.39 is 0 Å². The number of likely N-dealkylation sites (tertiary alicyclic amines) is 1. The highest BCUT2D eigenvalue weighted by Crippen LogP contribution is 2.44. The third-order valence-corrected chi connectivity index (χ3v) is 5.26. The van der Waals surface area contributed by atoms with Gasteiger partial charge in [0.2, 0.25) is 5.91 Å². The number of nitrogens with zero attached hydrogens (tertiary/aromatic N) is 2. The summed E-state index contributed by atoms with van der Waals surface area (Å²) in [7, 11) is 1.76. The van der Waals surface area contributed by atoms with Crippen molar-refractivity contribution >= 4 is 35.8 Å². The van der Waals surface area contributed by atoms with E-state index in [-0.39, 0.29) is 29.9 Å². The predicted octanol–water partition coefficient (Wildman–Crippen LogP) is 2.38. The molecule has 146 valence electrons. The Kier molecular flexibility index (Phi) is 10.7. The molecule has 0 bridgehead atoms. The molecule has 0 aromatic rings. The second-order valence-corrected chi connectivity index (χ2v) is 7.06. The molecular formula is C18H35IN4O2. The van der Waals surface area contributed by atoms with Crippen molar-refractivity contribution < 1.29 is 9.53 Å². The van der Waals surface area contributed by atoms with Gasteiger partial charge in [0.15, 0.2) is 5.96 Å². The number of guanidine groups is 1. The molecule has 0 radical (unpaired) electrons. The minimum atomic E-state index is 0. The molecule has 2 aliphatic rings. The molecule has 0 atom stereocenters. The minimum absolute atomic E-state index is 0. The van der Waals surface area contributed by atoms with Crippen molar-refractivity contribution in [2.45, 2.75) is 51.9 Å². The van der Waals surface area contributed by atoms with E-state index in [9.17, 15) is 4.79 Å². The lowest BCUT2D eigenvalue weighted by molar-refractivity contribution is -0.129. The summed E-state index contributed by atoms with van der Waals surface area (Å²) in [5, 5.41) is 6.60. The van der Waals surface area contributed by atoms with Gasteiger partial charge in [-0.2, -0.15) is 0 Å². The molecule has 0 aromatic heterocycles. The van der Waals surface area contributed by atoms with Crippen LogP contribution in [0.15, 0.2) is 4.99 Å². The van der Waals surface area contributed by atoms with E-state index >= 15 is 0 Å². The fraction of sp³-hybridized carbons (Fsp3) is 0.889. The van der Waals surface area contributed by atoms with Crippen LogP contribution in [-0.2, 0) is 9.53 Å². The first kappa shape index (κ1) is 22.5. The van der Waals surface area contributed by atoms with Crippen molar-refractivity contribution in [2.75, 3.05) is 46.4 Å². The third kappa shape index (κ3) is 7.29. The first-order chi connectivity index (χ1) is 11.7. The van der Waals surface area contributed by atoms with Crippen LogP contribution >= 0.6 is 24.0 Å². The Bertz CT molecular complexity index is 421. The summed E-state index contributed by atoms with van der Waals surface area (Å²) >= 11 is 0. The Morgan fingerprint density at radius 2 is 1.92 bits per heavy atom. The predicted molar refractivity (Wildman–Crippen MR) is 113 cm³/mol. The maximum atomic E-state index is 12.1. The van der Waals surface area contributed by atoms with E-state index in [0.717, 1.165) is 58.0 Å². The van der Waals surface area contributed by atoms with E-state index in [1.807, 2.05) is 4.90 Å². The number of methoxy groups -OCH3 is 1. The molecule has 6 nitrogen and oxygen atoms in total. The van der Waals surface area contributed by atoms with Crippen LogP contribution < -0.4 is 10.6 Å². The smallest absolute Gasteiger partial charge is 0.224 e. The van der Waals surface area contributed by atoms with Crippen LogP contribution in [0.25, 0.3) is 0 Å². The maximum Gasteiger partial charge on any atom is 0.224 e. The molecule has 2 fully saturated rings. The van der Waals surface area contributed by atoms with Crippen molar-refractivity contribution in [1.82, 2.24) is 15.5 Å². The zero-order valence-electron chi connectivity index (χ0n) is 15.8. The quantitative estimate of drug-likeness (QED) is 0.311. The van der Waals surface area contributed by atoms with Gasteiger partial charge in [-0.05, 0) is 44.4 Å². The van der Waals surface area contributed by atoms with E-state index in [1.54, 1.807) is 7.11 Å². The number of rotatable bonds is 9. The lowest BCUT2D eigenvalue weighted by Crippen LogP contribution is -2.41. The zero-order valence-corrected chi connectivity index (χ0v) is 18.1. The number of carbonyl (C=O) groups excluding carboxylic acids is 1. The van der Waals surface area contributed by atoms with Gasteiger partial charge in [0.05, 0.1) is 0 Å². The summed E-state index contributed by atoms with van der Waals surface area (Å²) < 4.78 is 5.25. The highest BCUT2D eigenvalue weighted by Gasteiger charge is 2.36. The SMILES string of the molecule is CCNC(=NCC1(CCOC)CCC1)NCCC(=O)N1CCCC1.I. The molecule has 1 aliphatic heterocycles. The van der Waals surface area contributed by atoms with Gasteiger partial charge < -0.3 is 20.3 Å². The number of ether oxygens (including phenoxy) is 1. The summed E-state index contributed by atoms with van der Waals surface area (Å²) in [5.41, 5.74) is 0.323. The number of nitrogens with one attached hydrogen (secondary N) is 2. The Morgan fingerprint density at radius 3 is 2.48 bits per heavy atom. The van der Waals surface area contributed by atoms with Gasteiger partial charge >= 0.3 is 0 Å². The van der Waals surface area contributed by atoms with Gasteiger partial charge in [0.1, 0.15) is 0 Å². The van der Waals surface area contributed by atoms with Crippen LogP contribution in [0.2, 0.25) is 0 Å². The van der Waals surface area contributed by atoms with Crippen molar-refractivity contribution in [3.05, 3.63) is 0 Å². The number of hydrogen-bond acceptors (Lipinski definition) is 3. The van der Waals surface area contributed by atoms with E-state index in [2.05, 4.69) is 17.6 Å². The van der Waals surface area contributed by atoms with Crippen molar-refractivity contribution in [2.24, 2.45) is 10.4 Å². The zero-order chi connectivity index (χ0) is 17.3. The molecule has 7 heteroatoms. The van der Waals surface area contributed by atoms with Crippen molar-refractivity contribution in [3.8, 4) is 0 Å². The molecule has 1 saturated carbocycles. The summed E-state index contributed by atoms with van der Waals surface area (Å²) in [4.78, 5) is 18.8. The average Bonchev–Trinajstić information content (AvgIpc) is 3.08. The molecule has 2 rings (SSSR count). The van der Waals surface area contributed by atoms with Crippen LogP contribution in [0, 0.1) is 5.41 Å². The van der Waals surface area contributed by atoms with Crippen LogP contribution in [0.5, 0.6) is 0 Å². The van der Waals surface area contributed by atoms with Crippen LogP contribution in [0.3, 0.4) is 0 Å². The standard InChI is InChI=1S/C18H34N4O2.HI/c1-3-19-17(20-11-7-16(23)22-12-4-5-13-22)21-15-18(8-6-9-18)10-14-24-2;/h3-15H2,1-2H3,(H2,19,20,21);1H. The summed E-state index contributed by atoms with van der Waals surface area (Å²) in [6.45, 7) is 7.04. The topological polar surface area (TPSA) is 66.0 Å². The van der Waals surface area contributed by atoms with Crippen LogP contribution in [0.4, 0.5) is 0 Å². The summed E-state index contributed by atoms with van der Waals surface area (Å²) in [6.07, 6.45) is 7.70. The molecule has 0 spiro atoms. The van der Waals surface area contributed by atoms with E-state index in [4.69, 9.17) is 9.73 Å². The number of aliphatic imine (C=N–C) groups is 1. The highest BCUT2D eigenvalue weighted by atomic mass is 127.